The predicted molar refractivity (Wildman–Crippen MR) is 81.8 cm³/mol. The number of aromatic amines is 1. The summed E-state index contributed by atoms with van der Waals surface area (Å²) in [5, 5.41) is 0. The standard InChI is InChI=1S/C17H20FN3O/c18-14-3-1-2-13(8-14)15-9-19-17(20-15)16-11-22-7-6-21(16)10-12-4-5-12/h1-3,8-9,12,16H,4-7,10-11H2,(H,19,20). The molecule has 0 spiro atoms. The van der Waals surface area contributed by atoms with Crippen LogP contribution in [0, 0.1) is 11.7 Å². The molecule has 0 bridgehead atoms. The van der Waals surface area contributed by atoms with Crippen molar-refractivity contribution in [2.75, 3.05) is 26.3 Å². The summed E-state index contributed by atoms with van der Waals surface area (Å²) in [6.45, 7) is 3.55. The lowest BCUT2D eigenvalue weighted by Crippen LogP contribution is -2.41. The van der Waals surface area contributed by atoms with Crippen molar-refractivity contribution in [3.8, 4) is 11.3 Å². The van der Waals surface area contributed by atoms with Crippen molar-refractivity contribution < 1.29 is 9.13 Å². The largest absolute Gasteiger partial charge is 0.378 e. The molecule has 1 saturated heterocycles. The first kappa shape index (κ1) is 13.9. The maximum Gasteiger partial charge on any atom is 0.126 e. The van der Waals surface area contributed by atoms with E-state index in [9.17, 15) is 4.39 Å². The van der Waals surface area contributed by atoms with Crippen LogP contribution in [0.4, 0.5) is 4.39 Å². The third kappa shape index (κ3) is 2.91. The first-order chi connectivity index (χ1) is 10.8. The molecular weight excluding hydrogens is 281 g/mol. The molecule has 2 aliphatic rings. The van der Waals surface area contributed by atoms with Crippen LogP contribution in [0.3, 0.4) is 0 Å². The lowest BCUT2D eigenvalue weighted by molar-refractivity contribution is -0.0134. The quantitative estimate of drug-likeness (QED) is 0.944. The topological polar surface area (TPSA) is 41.1 Å². The van der Waals surface area contributed by atoms with Crippen LogP contribution >= 0.6 is 0 Å². The first-order valence-electron chi connectivity index (χ1n) is 7.92. The Labute approximate surface area is 129 Å². The zero-order valence-corrected chi connectivity index (χ0v) is 12.5. The third-order valence-corrected chi connectivity index (χ3v) is 4.48. The molecule has 1 aliphatic heterocycles. The van der Waals surface area contributed by atoms with Crippen LogP contribution in [0.25, 0.3) is 11.3 Å². The minimum absolute atomic E-state index is 0.177. The van der Waals surface area contributed by atoms with Crippen molar-refractivity contribution in [3.63, 3.8) is 0 Å². The number of hydrogen-bond donors (Lipinski definition) is 1. The van der Waals surface area contributed by atoms with Gasteiger partial charge < -0.3 is 9.72 Å². The predicted octanol–water partition coefficient (Wildman–Crippen LogP) is 3.00. The Hall–Kier alpha value is -1.72. The normalized spacial score (nSPS) is 22.9. The highest BCUT2D eigenvalue weighted by atomic mass is 19.1. The number of ether oxygens (including phenoxy) is 1. The lowest BCUT2D eigenvalue weighted by atomic mass is 10.1. The van der Waals surface area contributed by atoms with Crippen molar-refractivity contribution in [1.82, 2.24) is 14.9 Å². The summed E-state index contributed by atoms with van der Waals surface area (Å²) < 4.78 is 19.0. The molecule has 0 amide bonds. The Bertz CT molecular complexity index is 653. The van der Waals surface area contributed by atoms with Gasteiger partial charge in [-0.1, -0.05) is 12.1 Å². The van der Waals surface area contributed by atoms with E-state index in [1.807, 2.05) is 6.07 Å². The molecule has 1 saturated carbocycles. The van der Waals surface area contributed by atoms with Crippen LogP contribution < -0.4 is 0 Å². The number of halogens is 1. The van der Waals surface area contributed by atoms with E-state index >= 15 is 0 Å². The van der Waals surface area contributed by atoms with Gasteiger partial charge in [0.05, 0.1) is 31.1 Å². The monoisotopic (exact) mass is 301 g/mol. The highest BCUT2D eigenvalue weighted by Gasteiger charge is 2.32. The summed E-state index contributed by atoms with van der Waals surface area (Å²) in [4.78, 5) is 10.3. The number of nitrogens with one attached hydrogen (secondary N) is 1. The second-order valence-corrected chi connectivity index (χ2v) is 6.22. The lowest BCUT2D eigenvalue weighted by Gasteiger charge is -2.34. The fourth-order valence-corrected chi connectivity index (χ4v) is 3.05. The van der Waals surface area contributed by atoms with E-state index in [-0.39, 0.29) is 11.9 Å². The molecule has 2 heterocycles. The number of H-pyrrole nitrogens is 1. The number of nitrogens with zero attached hydrogens (tertiary/aromatic N) is 2. The molecule has 1 N–H and O–H groups in total. The SMILES string of the molecule is Fc1cccc(-c2cnc(C3COCCN3CC3CC3)[nH]2)c1. The van der Waals surface area contributed by atoms with Crippen molar-refractivity contribution in [2.24, 2.45) is 5.92 Å². The molecule has 4 nitrogen and oxygen atoms in total. The average molecular weight is 301 g/mol. The molecule has 22 heavy (non-hydrogen) atoms. The Balaban J connectivity index is 1.56. The Kier molecular flexibility index (Phi) is 3.68. The van der Waals surface area contributed by atoms with Gasteiger partial charge in [0, 0.05) is 18.7 Å². The highest BCUT2D eigenvalue weighted by molar-refractivity contribution is 5.58. The fourth-order valence-electron chi connectivity index (χ4n) is 3.05. The number of aromatic nitrogens is 2. The molecule has 2 aromatic rings. The zero-order chi connectivity index (χ0) is 14.9. The van der Waals surface area contributed by atoms with E-state index in [0.29, 0.717) is 6.61 Å². The van der Waals surface area contributed by atoms with Gasteiger partial charge in [-0.3, -0.25) is 4.90 Å². The van der Waals surface area contributed by atoms with Gasteiger partial charge >= 0.3 is 0 Å². The van der Waals surface area contributed by atoms with Crippen molar-refractivity contribution in [2.45, 2.75) is 18.9 Å². The molecule has 1 atom stereocenters. The van der Waals surface area contributed by atoms with Crippen LogP contribution in [0.5, 0.6) is 0 Å². The van der Waals surface area contributed by atoms with Gasteiger partial charge in [-0.25, -0.2) is 9.37 Å². The van der Waals surface area contributed by atoms with E-state index in [4.69, 9.17) is 4.74 Å². The molecule has 1 aromatic heterocycles. The second-order valence-electron chi connectivity index (χ2n) is 6.22. The van der Waals surface area contributed by atoms with Crippen LogP contribution in [0.15, 0.2) is 30.5 Å². The number of hydrogen-bond acceptors (Lipinski definition) is 3. The number of rotatable bonds is 4. The number of imidazole rings is 1. The van der Waals surface area contributed by atoms with Crippen LogP contribution in [-0.4, -0.2) is 41.2 Å². The summed E-state index contributed by atoms with van der Waals surface area (Å²) in [6.07, 6.45) is 4.47. The Morgan fingerprint density at radius 2 is 2.27 bits per heavy atom. The minimum Gasteiger partial charge on any atom is -0.378 e. The summed E-state index contributed by atoms with van der Waals surface area (Å²) in [7, 11) is 0. The van der Waals surface area contributed by atoms with Gasteiger partial charge in [0.1, 0.15) is 11.6 Å². The Morgan fingerprint density at radius 3 is 3.09 bits per heavy atom. The fraction of sp³-hybridized carbons (Fsp3) is 0.471. The van der Waals surface area contributed by atoms with E-state index in [1.165, 1.54) is 25.0 Å². The maximum atomic E-state index is 13.4. The second kappa shape index (κ2) is 5.82. The van der Waals surface area contributed by atoms with E-state index in [2.05, 4.69) is 14.9 Å². The van der Waals surface area contributed by atoms with Gasteiger partial charge in [0.25, 0.3) is 0 Å². The first-order valence-corrected chi connectivity index (χ1v) is 7.92. The van der Waals surface area contributed by atoms with E-state index in [1.54, 1.807) is 12.3 Å². The summed E-state index contributed by atoms with van der Waals surface area (Å²) in [5.74, 6) is 1.53. The van der Waals surface area contributed by atoms with Crippen LogP contribution in [0.1, 0.15) is 24.7 Å². The molecule has 1 aromatic carbocycles. The summed E-state index contributed by atoms with van der Waals surface area (Å²) in [6, 6.07) is 6.76. The van der Waals surface area contributed by atoms with Crippen LogP contribution in [0.2, 0.25) is 0 Å². The minimum atomic E-state index is -0.231. The highest BCUT2D eigenvalue weighted by Crippen LogP contribution is 2.33. The Morgan fingerprint density at radius 1 is 1.36 bits per heavy atom. The summed E-state index contributed by atoms with van der Waals surface area (Å²) in [5.41, 5.74) is 1.68. The van der Waals surface area contributed by atoms with Gasteiger partial charge in [0.2, 0.25) is 0 Å². The molecule has 0 radical (unpaired) electrons. The van der Waals surface area contributed by atoms with E-state index in [0.717, 1.165) is 42.7 Å². The molecule has 2 fully saturated rings. The molecule has 4 rings (SSSR count). The van der Waals surface area contributed by atoms with Gasteiger partial charge in [0.15, 0.2) is 0 Å². The number of morpholine rings is 1. The smallest absolute Gasteiger partial charge is 0.126 e. The molecular formula is C17H20FN3O. The summed E-state index contributed by atoms with van der Waals surface area (Å²) >= 11 is 0. The van der Waals surface area contributed by atoms with Crippen molar-refractivity contribution in [1.29, 1.82) is 0 Å². The van der Waals surface area contributed by atoms with Crippen molar-refractivity contribution in [3.05, 3.63) is 42.1 Å². The molecule has 116 valence electrons. The van der Waals surface area contributed by atoms with Crippen LogP contribution in [-0.2, 0) is 4.74 Å². The molecule has 5 heteroatoms. The zero-order valence-electron chi connectivity index (χ0n) is 12.5. The number of benzene rings is 1. The van der Waals surface area contributed by atoms with Gasteiger partial charge in [-0.05, 0) is 30.9 Å². The van der Waals surface area contributed by atoms with Gasteiger partial charge in [-0.2, -0.15) is 0 Å². The molecule has 1 unspecified atom stereocenters. The molecule has 1 aliphatic carbocycles. The maximum absolute atomic E-state index is 13.4. The van der Waals surface area contributed by atoms with Crippen molar-refractivity contribution >= 4 is 0 Å². The van der Waals surface area contributed by atoms with E-state index < -0.39 is 0 Å². The average Bonchev–Trinajstić information content (AvgIpc) is 3.21. The van der Waals surface area contributed by atoms with Gasteiger partial charge in [-0.15, -0.1) is 0 Å². The third-order valence-electron chi connectivity index (χ3n) is 4.48.